The molecule has 1 atom stereocenters. The smallest absolute Gasteiger partial charge is 0.466 e. The highest BCUT2D eigenvalue weighted by molar-refractivity contribution is 7.86. The molecule has 218 valence electrons. The predicted molar refractivity (Wildman–Crippen MR) is 102 cm³/mol. The lowest BCUT2D eigenvalue weighted by Crippen LogP contribution is -2.64. The van der Waals surface area contributed by atoms with Crippen LogP contribution in [0.5, 0.6) is 0 Å². The molecule has 37 heavy (non-hydrogen) atoms. The molecule has 0 N–H and O–H groups in total. The summed E-state index contributed by atoms with van der Waals surface area (Å²) in [5.41, 5.74) is -2.51. The molecule has 0 saturated heterocycles. The minimum atomic E-state index is -6.93. The number of ether oxygens (including phenoxy) is 2. The van der Waals surface area contributed by atoms with Crippen molar-refractivity contribution in [1.82, 2.24) is 4.90 Å². The summed E-state index contributed by atoms with van der Waals surface area (Å²) in [5, 5.41) is -6.19. The van der Waals surface area contributed by atoms with Gasteiger partial charge in [0.1, 0.15) is 5.57 Å². The number of carbonyl (C=O) groups excluding carboxylic acids is 2. The molecule has 1 amide bonds. The van der Waals surface area contributed by atoms with Gasteiger partial charge in [-0.15, -0.1) is 0 Å². The third kappa shape index (κ3) is 7.68. The maximum atomic E-state index is 14.1. The zero-order chi connectivity index (χ0) is 30.0. The molecule has 0 saturated carbocycles. The van der Waals surface area contributed by atoms with Gasteiger partial charge in [0, 0.05) is 18.5 Å². The lowest BCUT2D eigenvalue weighted by Gasteiger charge is -2.40. The van der Waals surface area contributed by atoms with Crippen molar-refractivity contribution < 1.29 is 75.9 Å². The molecule has 0 aliphatic rings. The van der Waals surface area contributed by atoms with Crippen molar-refractivity contribution in [2.24, 2.45) is 0 Å². The topological polar surface area (TPSA) is 113 Å². The fraction of sp³-hybridized carbons (Fsp3) is 0.778. The van der Waals surface area contributed by atoms with Crippen LogP contribution in [0.4, 0.5) is 43.9 Å². The third-order valence-electron chi connectivity index (χ3n) is 4.51. The molecule has 0 radical (unpaired) electrons. The molecular weight excluding hydrogens is 564 g/mol. The van der Waals surface area contributed by atoms with Gasteiger partial charge < -0.3 is 18.9 Å². The number of amides is 1. The first-order valence-electron chi connectivity index (χ1n) is 9.91. The first-order chi connectivity index (χ1) is 16.2. The molecule has 0 fully saturated rings. The van der Waals surface area contributed by atoms with Crippen molar-refractivity contribution in [3.8, 4) is 0 Å². The number of hydrogen-bond donors (Lipinski definition) is 0. The number of esters is 1. The van der Waals surface area contributed by atoms with Gasteiger partial charge >= 0.3 is 41.2 Å². The van der Waals surface area contributed by atoms with E-state index in [4.69, 9.17) is 0 Å². The Bertz CT molecular complexity index is 953. The van der Waals surface area contributed by atoms with Gasteiger partial charge in [0.2, 0.25) is 0 Å². The third-order valence-corrected chi connectivity index (χ3v) is 5.43. The summed E-state index contributed by atoms with van der Waals surface area (Å²) in [6.45, 7) is 5.03. The maximum Gasteiger partial charge on any atom is 0.466 e. The van der Waals surface area contributed by atoms with Crippen LogP contribution >= 0.6 is 0 Å². The van der Waals surface area contributed by atoms with Crippen molar-refractivity contribution >= 4 is 22.0 Å². The summed E-state index contributed by atoms with van der Waals surface area (Å²) in [6, 6.07) is -2.26. The van der Waals surface area contributed by atoms with Crippen LogP contribution < -0.4 is 0 Å². The van der Waals surface area contributed by atoms with E-state index in [0.717, 1.165) is 27.7 Å². The Balaban J connectivity index is 6.44. The second kappa shape index (κ2) is 11.3. The van der Waals surface area contributed by atoms with Crippen LogP contribution in [-0.4, -0.2) is 77.8 Å². The van der Waals surface area contributed by atoms with Gasteiger partial charge in [-0.25, -0.2) is 13.2 Å². The average molecular weight is 586 g/mol. The zero-order valence-electron chi connectivity index (χ0n) is 19.5. The van der Waals surface area contributed by atoms with Crippen molar-refractivity contribution in [3.05, 3.63) is 12.2 Å². The number of alkyl halides is 10. The standard InChI is InChI=1S/C18H23F10NO7S/c1-9(2)29(10(3)4)13(31)15(17(24,25)26,36-12(30)11(5)16(21,22)23)35-8-6-7-14(19,20)18(27,28)37(32,33)34/h9-10H,5-8H2,1-4H3,(H,32,33,34)/p-1. The van der Waals surface area contributed by atoms with E-state index >= 15 is 0 Å². The van der Waals surface area contributed by atoms with Gasteiger partial charge in [-0.1, -0.05) is 6.58 Å². The van der Waals surface area contributed by atoms with Crippen LogP contribution in [0.25, 0.3) is 0 Å². The Morgan fingerprint density at radius 3 is 1.68 bits per heavy atom. The van der Waals surface area contributed by atoms with Crippen LogP contribution in [0.15, 0.2) is 12.2 Å². The van der Waals surface area contributed by atoms with Gasteiger partial charge in [0.15, 0.2) is 10.1 Å². The molecule has 0 aliphatic heterocycles. The van der Waals surface area contributed by atoms with Crippen molar-refractivity contribution in [1.29, 1.82) is 0 Å². The molecule has 0 aromatic heterocycles. The molecular formula is C18H22F10NO7S-. The lowest BCUT2D eigenvalue weighted by molar-refractivity contribution is -0.352. The highest BCUT2D eigenvalue weighted by Crippen LogP contribution is 2.43. The van der Waals surface area contributed by atoms with Crippen LogP contribution in [0.1, 0.15) is 40.5 Å². The summed E-state index contributed by atoms with van der Waals surface area (Å²) < 4.78 is 173. The summed E-state index contributed by atoms with van der Waals surface area (Å²) in [6.07, 6.45) is -15.7. The van der Waals surface area contributed by atoms with Crippen LogP contribution in [0.2, 0.25) is 0 Å². The summed E-state index contributed by atoms with van der Waals surface area (Å²) in [5.74, 6) is -15.7. The monoisotopic (exact) mass is 586 g/mol. The zero-order valence-corrected chi connectivity index (χ0v) is 20.3. The molecule has 0 heterocycles. The Hall–Kier alpha value is -2.15. The molecule has 0 aromatic carbocycles. The van der Waals surface area contributed by atoms with Gasteiger partial charge in [-0.2, -0.15) is 43.9 Å². The Morgan fingerprint density at radius 2 is 1.35 bits per heavy atom. The van der Waals surface area contributed by atoms with E-state index in [1.54, 1.807) is 0 Å². The van der Waals surface area contributed by atoms with Gasteiger partial charge in [0.05, 0.1) is 6.61 Å². The van der Waals surface area contributed by atoms with E-state index in [2.05, 4.69) is 16.1 Å². The van der Waals surface area contributed by atoms with Crippen molar-refractivity contribution in [3.63, 3.8) is 0 Å². The number of rotatable bonds is 12. The van der Waals surface area contributed by atoms with Crippen molar-refractivity contribution in [2.45, 2.75) is 81.9 Å². The normalized spacial score (nSPS) is 15.5. The summed E-state index contributed by atoms with van der Waals surface area (Å²) in [4.78, 5) is 25.1. The minimum absolute atomic E-state index is 0.365. The quantitative estimate of drug-likeness (QED) is 0.0845. The highest BCUT2D eigenvalue weighted by atomic mass is 32.2. The second-order valence-corrected chi connectivity index (χ2v) is 9.43. The largest absolute Gasteiger partial charge is 0.743 e. The van der Waals surface area contributed by atoms with E-state index in [-0.39, 0.29) is 0 Å². The molecule has 19 heteroatoms. The van der Waals surface area contributed by atoms with Crippen LogP contribution in [0, 0.1) is 0 Å². The van der Waals surface area contributed by atoms with E-state index in [0.29, 0.717) is 4.90 Å². The average Bonchev–Trinajstić information content (AvgIpc) is 2.66. The molecule has 0 rings (SSSR count). The van der Waals surface area contributed by atoms with Gasteiger partial charge in [0.25, 0.3) is 0 Å². The van der Waals surface area contributed by atoms with E-state index < -0.39 is 88.4 Å². The van der Waals surface area contributed by atoms with Crippen molar-refractivity contribution in [2.75, 3.05) is 6.61 Å². The predicted octanol–water partition coefficient (Wildman–Crippen LogP) is 4.12. The molecule has 0 spiro atoms. The first kappa shape index (κ1) is 34.9. The Kier molecular flexibility index (Phi) is 10.6. The number of nitrogens with zero attached hydrogens (tertiary/aromatic N) is 1. The van der Waals surface area contributed by atoms with Crippen LogP contribution in [-0.2, 0) is 29.2 Å². The highest BCUT2D eigenvalue weighted by Gasteiger charge is 2.68. The Morgan fingerprint density at radius 1 is 0.919 bits per heavy atom. The van der Waals surface area contributed by atoms with Crippen LogP contribution in [0.3, 0.4) is 0 Å². The SMILES string of the molecule is C=C(C(=O)OC(OCCCC(F)(F)C(F)(F)S(=O)(=O)[O-])(C(=O)N(C(C)C)C(C)C)C(F)(F)F)C(F)(F)F. The van der Waals surface area contributed by atoms with E-state index in [1.807, 2.05) is 0 Å². The molecule has 0 bridgehead atoms. The first-order valence-corrected chi connectivity index (χ1v) is 11.3. The maximum absolute atomic E-state index is 14.1. The molecule has 0 aliphatic carbocycles. The van der Waals surface area contributed by atoms with Gasteiger partial charge in [-0.3, -0.25) is 4.79 Å². The number of hydrogen-bond acceptors (Lipinski definition) is 7. The fourth-order valence-electron chi connectivity index (χ4n) is 2.78. The number of halogens is 10. The van der Waals surface area contributed by atoms with E-state index in [9.17, 15) is 66.5 Å². The summed E-state index contributed by atoms with van der Waals surface area (Å²) in [7, 11) is -6.93. The molecule has 1 unspecified atom stereocenters. The van der Waals surface area contributed by atoms with E-state index in [1.165, 1.54) is 0 Å². The fourth-order valence-corrected chi connectivity index (χ4v) is 3.25. The molecule has 8 nitrogen and oxygen atoms in total. The number of carbonyl (C=O) groups is 2. The Labute approximate surface area is 204 Å². The molecule has 0 aromatic rings. The minimum Gasteiger partial charge on any atom is -0.743 e. The summed E-state index contributed by atoms with van der Waals surface area (Å²) >= 11 is 0. The van der Waals surface area contributed by atoms with Gasteiger partial charge in [-0.05, 0) is 34.1 Å². The second-order valence-electron chi connectivity index (χ2n) is 8.01. The lowest BCUT2D eigenvalue weighted by atomic mass is 10.1.